The van der Waals surface area contributed by atoms with Crippen LogP contribution in [0.3, 0.4) is 0 Å². The highest BCUT2D eigenvalue weighted by molar-refractivity contribution is 6.31. The van der Waals surface area contributed by atoms with E-state index >= 15 is 0 Å². The Morgan fingerprint density at radius 2 is 1.73 bits per heavy atom. The molecule has 1 aliphatic heterocycles. The zero-order valence-corrected chi connectivity index (χ0v) is 27.6. The zero-order chi connectivity index (χ0) is 34.3. The molecule has 0 spiro atoms. The number of aliphatic hydroxyl groups is 2. The van der Waals surface area contributed by atoms with Crippen LogP contribution in [0.25, 0.3) is 0 Å². The van der Waals surface area contributed by atoms with Crippen LogP contribution in [0.2, 0.25) is 5.02 Å². The van der Waals surface area contributed by atoms with Gasteiger partial charge < -0.3 is 30.1 Å². The molecule has 0 saturated heterocycles. The summed E-state index contributed by atoms with van der Waals surface area (Å²) in [4.78, 5) is 43.0. The molecule has 10 heteroatoms. The Bertz CT molecular complexity index is 1800. The Hall–Kier alpha value is -4.96. The highest BCUT2D eigenvalue weighted by Gasteiger charge is 2.52. The van der Waals surface area contributed by atoms with Crippen molar-refractivity contribution in [3.8, 4) is 5.75 Å². The molecule has 248 valence electrons. The summed E-state index contributed by atoms with van der Waals surface area (Å²) in [7, 11) is 1.56. The summed E-state index contributed by atoms with van der Waals surface area (Å²) in [6, 6.07) is 28.4. The average Bonchev–Trinajstić information content (AvgIpc) is 3.30. The number of carbonyl (C=O) groups excluding carboxylic acids is 3. The average molecular weight is 668 g/mol. The lowest BCUT2D eigenvalue weighted by molar-refractivity contribution is -0.139. The van der Waals surface area contributed by atoms with Crippen LogP contribution in [0.1, 0.15) is 40.4 Å². The van der Waals surface area contributed by atoms with Crippen LogP contribution in [-0.4, -0.2) is 53.1 Å². The lowest BCUT2D eigenvalue weighted by atomic mass is 9.83. The summed E-state index contributed by atoms with van der Waals surface area (Å²) >= 11 is 6.35. The Labute approximate surface area is 285 Å². The lowest BCUT2D eigenvalue weighted by Crippen LogP contribution is -2.44. The third-order valence-electron chi connectivity index (χ3n) is 8.42. The first-order chi connectivity index (χ1) is 23.1. The molecule has 0 bridgehead atoms. The summed E-state index contributed by atoms with van der Waals surface area (Å²) in [5.41, 5.74) is 1.65. The van der Waals surface area contributed by atoms with Crippen LogP contribution in [0.15, 0.2) is 109 Å². The smallest absolute Gasteiger partial charge is 0.264 e. The van der Waals surface area contributed by atoms with Crippen LogP contribution < -0.4 is 15.0 Å². The third-order valence-corrected chi connectivity index (χ3v) is 8.66. The molecule has 0 fully saturated rings. The van der Waals surface area contributed by atoms with Crippen LogP contribution in [0.4, 0.5) is 11.4 Å². The summed E-state index contributed by atoms with van der Waals surface area (Å²) < 4.78 is 5.16. The normalized spacial score (nSPS) is 16.1. The van der Waals surface area contributed by atoms with E-state index in [0.717, 1.165) is 11.1 Å². The van der Waals surface area contributed by atoms with Gasteiger partial charge in [-0.1, -0.05) is 73.1 Å². The minimum absolute atomic E-state index is 0.0304. The number of ether oxygens (including phenoxy) is 1. The largest absolute Gasteiger partial charge is 0.497 e. The van der Waals surface area contributed by atoms with Gasteiger partial charge in [0, 0.05) is 47.3 Å². The summed E-state index contributed by atoms with van der Waals surface area (Å²) in [5, 5.41) is 24.8. The molecule has 0 unspecified atom stereocenters. The van der Waals surface area contributed by atoms with Gasteiger partial charge in [0.15, 0.2) is 5.60 Å². The minimum Gasteiger partial charge on any atom is -0.497 e. The van der Waals surface area contributed by atoms with E-state index in [2.05, 4.69) is 5.32 Å². The van der Waals surface area contributed by atoms with Crippen LogP contribution in [0.5, 0.6) is 5.75 Å². The number of carbonyl (C=O) groups is 3. The molecule has 0 saturated carbocycles. The molecule has 48 heavy (non-hydrogen) atoms. The first kappa shape index (κ1) is 34.4. The minimum atomic E-state index is -1.94. The van der Waals surface area contributed by atoms with Crippen molar-refractivity contribution in [1.82, 2.24) is 4.90 Å². The van der Waals surface area contributed by atoms with Gasteiger partial charge in [-0.3, -0.25) is 14.4 Å². The topological polar surface area (TPSA) is 119 Å². The molecule has 2 atom stereocenters. The first-order valence-corrected chi connectivity index (χ1v) is 16.0. The molecule has 1 aliphatic rings. The van der Waals surface area contributed by atoms with E-state index in [0.29, 0.717) is 39.8 Å². The van der Waals surface area contributed by atoms with E-state index in [4.69, 9.17) is 16.3 Å². The molecule has 3 N–H and O–H groups in total. The number of rotatable bonds is 13. The van der Waals surface area contributed by atoms with Crippen LogP contribution in [-0.2, 0) is 28.3 Å². The van der Waals surface area contributed by atoms with Crippen molar-refractivity contribution in [3.05, 3.63) is 136 Å². The van der Waals surface area contributed by atoms with E-state index < -0.39 is 17.4 Å². The molecule has 4 aromatic rings. The van der Waals surface area contributed by atoms with E-state index in [1.54, 1.807) is 91.7 Å². The number of hydrogen-bond donors (Lipinski definition) is 3. The molecule has 3 amide bonds. The highest BCUT2D eigenvalue weighted by atomic mass is 35.5. The van der Waals surface area contributed by atoms with Gasteiger partial charge in [0.25, 0.3) is 11.8 Å². The number of halogens is 1. The summed E-state index contributed by atoms with van der Waals surface area (Å²) in [5.74, 6) is -1.07. The van der Waals surface area contributed by atoms with Crippen molar-refractivity contribution >= 4 is 40.7 Å². The van der Waals surface area contributed by atoms with Crippen LogP contribution in [0, 0.1) is 5.92 Å². The first-order valence-electron chi connectivity index (χ1n) is 15.6. The number of nitrogens with zero attached hydrogens (tertiary/aromatic N) is 2. The maximum absolute atomic E-state index is 14.1. The second-order valence-corrected chi connectivity index (χ2v) is 12.1. The van der Waals surface area contributed by atoms with Gasteiger partial charge in [0.05, 0.1) is 25.9 Å². The maximum Gasteiger partial charge on any atom is 0.264 e. The number of anilines is 2. The van der Waals surface area contributed by atoms with Crippen molar-refractivity contribution < 1.29 is 29.3 Å². The second kappa shape index (κ2) is 15.3. The van der Waals surface area contributed by atoms with E-state index in [1.807, 2.05) is 36.4 Å². The maximum atomic E-state index is 14.1. The van der Waals surface area contributed by atoms with Gasteiger partial charge in [-0.25, -0.2) is 0 Å². The molecular formula is C38H38ClN3O6. The fourth-order valence-electron chi connectivity index (χ4n) is 5.81. The van der Waals surface area contributed by atoms with E-state index in [9.17, 15) is 24.6 Å². The van der Waals surface area contributed by atoms with E-state index in [-0.39, 0.29) is 37.9 Å². The fraction of sp³-hybridized carbons (Fsp3) is 0.237. The third kappa shape index (κ3) is 7.60. The molecule has 1 heterocycles. The van der Waals surface area contributed by atoms with Crippen molar-refractivity contribution in [2.45, 2.75) is 32.0 Å². The SMILES string of the molecule is COc1ccc(C(=O)Nc2cccc(CN3C(=O)[C@](O)([C@H](C)/C=C/CC(=O)N(CCO)Cc4ccccc4)c4cc(Cl)ccc43)c2)cc1. The molecule has 0 aromatic heterocycles. The van der Waals surface area contributed by atoms with Gasteiger partial charge in [-0.2, -0.15) is 0 Å². The molecular weight excluding hydrogens is 630 g/mol. The number of fused-ring (bicyclic) bond motifs is 1. The van der Waals surface area contributed by atoms with E-state index in [1.165, 1.54) is 4.90 Å². The number of nitrogens with one attached hydrogen (secondary N) is 1. The molecule has 9 nitrogen and oxygen atoms in total. The predicted molar refractivity (Wildman–Crippen MR) is 186 cm³/mol. The Kier molecular flexibility index (Phi) is 11.0. The van der Waals surface area contributed by atoms with Gasteiger partial charge >= 0.3 is 0 Å². The second-order valence-electron chi connectivity index (χ2n) is 11.6. The van der Waals surface area contributed by atoms with Crippen molar-refractivity contribution in [2.24, 2.45) is 5.92 Å². The molecule has 0 radical (unpaired) electrons. The molecule has 5 rings (SSSR count). The van der Waals surface area contributed by atoms with Gasteiger partial charge in [0.1, 0.15) is 5.75 Å². The van der Waals surface area contributed by atoms with Gasteiger partial charge in [-0.15, -0.1) is 0 Å². The van der Waals surface area contributed by atoms with Crippen molar-refractivity contribution in [2.75, 3.05) is 30.5 Å². The summed E-state index contributed by atoms with van der Waals surface area (Å²) in [6.07, 6.45) is 3.34. The van der Waals surface area contributed by atoms with Crippen molar-refractivity contribution in [1.29, 1.82) is 0 Å². The quantitative estimate of drug-likeness (QED) is 0.152. The van der Waals surface area contributed by atoms with Gasteiger partial charge in [-0.05, 0) is 65.7 Å². The number of benzene rings is 4. The number of hydrogen-bond acceptors (Lipinski definition) is 6. The number of methoxy groups -OCH3 is 1. The fourth-order valence-corrected chi connectivity index (χ4v) is 5.98. The van der Waals surface area contributed by atoms with Crippen LogP contribution >= 0.6 is 11.6 Å². The molecule has 0 aliphatic carbocycles. The van der Waals surface area contributed by atoms with Crippen molar-refractivity contribution in [3.63, 3.8) is 0 Å². The Balaban J connectivity index is 1.31. The number of amides is 3. The standard InChI is InChI=1S/C38H38ClN3O6/c1-26(8-6-13-35(44)41(20-21-43)24-27-9-4-3-5-10-27)38(47)33-23-30(39)16-19-34(33)42(37(38)46)25-28-11-7-12-31(22-28)40-36(45)29-14-17-32(48-2)18-15-29/h3-12,14-19,22-23,26,43,47H,13,20-21,24-25H2,1-2H3,(H,40,45)/b8-6+/t26-,38+/m1/s1. The van der Waals surface area contributed by atoms with Gasteiger partial charge in [0.2, 0.25) is 5.91 Å². The molecule has 4 aromatic carbocycles. The predicted octanol–water partition coefficient (Wildman–Crippen LogP) is 5.94. The lowest BCUT2D eigenvalue weighted by Gasteiger charge is -2.28. The Morgan fingerprint density at radius 1 is 1.00 bits per heavy atom. The summed E-state index contributed by atoms with van der Waals surface area (Å²) in [6.45, 7) is 2.23. The number of aliphatic hydroxyl groups excluding tert-OH is 1. The zero-order valence-electron chi connectivity index (χ0n) is 26.8. The monoisotopic (exact) mass is 667 g/mol. The highest BCUT2D eigenvalue weighted by Crippen LogP contribution is 2.46. The Morgan fingerprint density at radius 3 is 2.44 bits per heavy atom.